The Kier molecular flexibility index (Phi) is 4.55. The Labute approximate surface area is 156 Å². The average Bonchev–Trinajstić information content (AvgIpc) is 3.25. The standard InChI is InChI=1S/C20H17N2O.Pt/c1-20(2)10-8-15(12-20)18-17(16-9-11-21-13-16)19(23-22-18)14-6-4-3-5-7-14;/h3-8,11-13H,9H2,1-2H3;/q-1;. The van der Waals surface area contributed by atoms with Crippen LogP contribution in [-0.4, -0.2) is 11.4 Å². The molecule has 0 fully saturated rings. The predicted molar refractivity (Wildman–Crippen MR) is 92.6 cm³/mol. The van der Waals surface area contributed by atoms with Crippen molar-refractivity contribution in [3.05, 3.63) is 66.0 Å². The van der Waals surface area contributed by atoms with E-state index in [9.17, 15) is 0 Å². The number of rotatable bonds is 3. The zero-order valence-electron chi connectivity index (χ0n) is 13.5. The molecule has 1 aliphatic heterocycles. The summed E-state index contributed by atoms with van der Waals surface area (Å²) in [6, 6.07) is 10.1. The summed E-state index contributed by atoms with van der Waals surface area (Å²) in [6.45, 7) is 4.26. The van der Waals surface area contributed by atoms with Crippen molar-refractivity contribution in [3.63, 3.8) is 0 Å². The first-order valence-electron chi connectivity index (χ1n) is 7.74. The molecule has 0 saturated heterocycles. The van der Waals surface area contributed by atoms with Gasteiger partial charge in [0, 0.05) is 56.7 Å². The largest absolute Gasteiger partial charge is 0.357 e. The van der Waals surface area contributed by atoms with E-state index >= 15 is 0 Å². The molecule has 124 valence electrons. The van der Waals surface area contributed by atoms with Crippen LogP contribution in [0.2, 0.25) is 0 Å². The van der Waals surface area contributed by atoms with Gasteiger partial charge in [-0.1, -0.05) is 54.8 Å². The van der Waals surface area contributed by atoms with Crippen molar-refractivity contribution >= 4 is 17.4 Å². The Morgan fingerprint density at radius 2 is 1.96 bits per heavy atom. The van der Waals surface area contributed by atoms with Crippen LogP contribution < -0.4 is 0 Å². The van der Waals surface area contributed by atoms with E-state index in [2.05, 4.69) is 36.1 Å². The van der Waals surface area contributed by atoms with Gasteiger partial charge < -0.3 is 4.52 Å². The van der Waals surface area contributed by atoms with Gasteiger partial charge in [0.15, 0.2) is 5.76 Å². The fourth-order valence-electron chi connectivity index (χ4n) is 2.96. The zero-order valence-corrected chi connectivity index (χ0v) is 15.8. The maximum Gasteiger partial charge on any atom is 0.173 e. The quantitative estimate of drug-likeness (QED) is 0.565. The summed E-state index contributed by atoms with van der Waals surface area (Å²) in [5.41, 5.74) is 5.07. The second-order valence-electron chi connectivity index (χ2n) is 6.40. The fraction of sp³-hybridized carbons (Fsp3) is 0.200. The van der Waals surface area contributed by atoms with Crippen LogP contribution in [0.25, 0.3) is 22.5 Å². The topological polar surface area (TPSA) is 38.4 Å². The SMILES string of the molecule is CC1(C)[C-]=CC(c2noc(-c3ccccc3)c2C2=CN=CC2)=C1.[Pt]. The molecule has 0 radical (unpaired) electrons. The summed E-state index contributed by atoms with van der Waals surface area (Å²) in [5, 5.41) is 4.37. The molecule has 2 aromatic rings. The molecule has 2 aliphatic rings. The maximum atomic E-state index is 5.74. The Morgan fingerprint density at radius 3 is 2.58 bits per heavy atom. The fourth-order valence-corrected chi connectivity index (χ4v) is 2.96. The third-order valence-corrected chi connectivity index (χ3v) is 4.09. The van der Waals surface area contributed by atoms with Gasteiger partial charge >= 0.3 is 0 Å². The summed E-state index contributed by atoms with van der Waals surface area (Å²) in [6.07, 6.45) is 12.2. The number of aromatic nitrogens is 1. The Morgan fingerprint density at radius 1 is 1.17 bits per heavy atom. The summed E-state index contributed by atoms with van der Waals surface area (Å²) >= 11 is 0. The summed E-state index contributed by atoms with van der Waals surface area (Å²) in [5.74, 6) is 0.802. The Balaban J connectivity index is 0.00000169. The van der Waals surface area contributed by atoms with Crippen molar-refractivity contribution in [1.82, 2.24) is 5.16 Å². The van der Waals surface area contributed by atoms with Gasteiger partial charge in [-0.3, -0.25) is 11.1 Å². The van der Waals surface area contributed by atoms with E-state index in [-0.39, 0.29) is 26.5 Å². The molecular weight excluding hydrogens is 479 g/mol. The molecule has 0 N–H and O–H groups in total. The van der Waals surface area contributed by atoms with Crippen molar-refractivity contribution in [2.45, 2.75) is 20.3 Å². The van der Waals surface area contributed by atoms with Crippen LogP contribution in [0.15, 0.2) is 58.2 Å². The first-order valence-corrected chi connectivity index (χ1v) is 7.74. The summed E-state index contributed by atoms with van der Waals surface area (Å²) < 4.78 is 5.74. The molecule has 1 aliphatic carbocycles. The second kappa shape index (κ2) is 6.49. The first kappa shape index (κ1) is 16.9. The van der Waals surface area contributed by atoms with E-state index < -0.39 is 0 Å². The van der Waals surface area contributed by atoms with Crippen molar-refractivity contribution in [2.75, 3.05) is 0 Å². The molecule has 3 nitrogen and oxygen atoms in total. The zero-order chi connectivity index (χ0) is 15.9. The van der Waals surface area contributed by atoms with E-state index in [0.29, 0.717) is 0 Å². The van der Waals surface area contributed by atoms with Crippen molar-refractivity contribution < 1.29 is 25.6 Å². The van der Waals surface area contributed by atoms with Crippen molar-refractivity contribution in [3.8, 4) is 11.3 Å². The van der Waals surface area contributed by atoms with Gasteiger partial charge in [-0.25, -0.2) is 6.08 Å². The van der Waals surface area contributed by atoms with Crippen LogP contribution in [0.1, 0.15) is 31.5 Å². The monoisotopic (exact) mass is 496 g/mol. The summed E-state index contributed by atoms with van der Waals surface area (Å²) in [7, 11) is 0. The number of hydrogen-bond donors (Lipinski definition) is 0. The molecule has 0 bridgehead atoms. The third-order valence-electron chi connectivity index (χ3n) is 4.09. The number of benzene rings is 1. The molecule has 0 amide bonds. The normalized spacial score (nSPS) is 17.6. The Hall–Kier alpha value is -1.99. The molecule has 0 spiro atoms. The van der Waals surface area contributed by atoms with E-state index in [1.807, 2.05) is 48.8 Å². The van der Waals surface area contributed by atoms with Crippen LogP contribution >= 0.6 is 0 Å². The van der Waals surface area contributed by atoms with Gasteiger partial charge in [0.25, 0.3) is 0 Å². The number of aliphatic imine (C=N–C) groups is 1. The van der Waals surface area contributed by atoms with E-state index in [4.69, 9.17) is 4.52 Å². The molecule has 0 unspecified atom stereocenters. The van der Waals surface area contributed by atoms with Gasteiger partial charge in [0.1, 0.15) is 0 Å². The second-order valence-corrected chi connectivity index (χ2v) is 6.40. The van der Waals surface area contributed by atoms with Crippen LogP contribution in [0.4, 0.5) is 0 Å². The minimum atomic E-state index is -0.0704. The van der Waals surface area contributed by atoms with Crippen LogP contribution in [0, 0.1) is 11.5 Å². The van der Waals surface area contributed by atoms with Crippen LogP contribution in [-0.2, 0) is 21.1 Å². The molecule has 0 atom stereocenters. The van der Waals surface area contributed by atoms with Crippen LogP contribution in [0.3, 0.4) is 0 Å². The van der Waals surface area contributed by atoms with Gasteiger partial charge in [0.05, 0.1) is 0 Å². The van der Waals surface area contributed by atoms with E-state index in [0.717, 1.165) is 40.1 Å². The van der Waals surface area contributed by atoms with Gasteiger partial charge in [0.2, 0.25) is 0 Å². The third kappa shape index (κ3) is 3.01. The minimum absolute atomic E-state index is 0. The minimum Gasteiger partial charge on any atom is -0.357 e. The smallest absolute Gasteiger partial charge is 0.173 e. The van der Waals surface area contributed by atoms with Crippen LogP contribution in [0.5, 0.6) is 0 Å². The average molecular weight is 496 g/mol. The number of allylic oxidation sites excluding steroid dienone is 5. The molecular formula is C20H17N2OPt-. The predicted octanol–water partition coefficient (Wildman–Crippen LogP) is 4.94. The number of hydrogen-bond acceptors (Lipinski definition) is 3. The van der Waals surface area contributed by atoms with Gasteiger partial charge in [-0.15, -0.1) is 0 Å². The molecule has 0 saturated carbocycles. The van der Waals surface area contributed by atoms with Gasteiger partial charge in [-0.05, 0) is 5.57 Å². The maximum absolute atomic E-state index is 5.74. The molecule has 4 rings (SSSR count). The first-order chi connectivity index (χ1) is 11.1. The van der Waals surface area contributed by atoms with E-state index in [1.165, 1.54) is 0 Å². The summed E-state index contributed by atoms with van der Waals surface area (Å²) in [4.78, 5) is 4.25. The molecule has 4 heteroatoms. The van der Waals surface area contributed by atoms with Gasteiger partial charge in [-0.2, -0.15) is 11.6 Å². The molecule has 1 aromatic heterocycles. The molecule has 2 heterocycles. The van der Waals surface area contributed by atoms with Crippen molar-refractivity contribution in [1.29, 1.82) is 0 Å². The van der Waals surface area contributed by atoms with E-state index in [1.54, 1.807) is 0 Å². The number of nitrogens with zero attached hydrogens (tertiary/aromatic N) is 2. The van der Waals surface area contributed by atoms with Crippen molar-refractivity contribution in [2.24, 2.45) is 10.4 Å². The Bertz CT molecular complexity index is 870. The molecule has 24 heavy (non-hydrogen) atoms. The molecule has 1 aromatic carbocycles.